The first kappa shape index (κ1) is 28.7. The van der Waals surface area contributed by atoms with E-state index in [0.717, 1.165) is 62.8 Å². The van der Waals surface area contributed by atoms with Gasteiger partial charge in [0, 0.05) is 30.0 Å². The number of halogens is 1. The first-order chi connectivity index (χ1) is 17.3. The summed E-state index contributed by atoms with van der Waals surface area (Å²) in [6, 6.07) is 0. The van der Waals surface area contributed by atoms with Gasteiger partial charge in [0.05, 0.1) is 18.4 Å². The number of likely N-dealkylation sites (tertiary alicyclic amines) is 2. The number of nitrogens with one attached hydrogen (secondary N) is 1. The number of hydrogen-bond acceptors (Lipinski definition) is 6. The van der Waals surface area contributed by atoms with Gasteiger partial charge in [-0.2, -0.15) is 0 Å². The Morgan fingerprint density at radius 2 is 2.03 bits per heavy atom. The fraction of sp³-hybridized carbons (Fsp3) is 0.643. The third-order valence-electron chi connectivity index (χ3n) is 7.19. The summed E-state index contributed by atoms with van der Waals surface area (Å²) in [4.78, 5) is 22.4. The highest BCUT2D eigenvalue weighted by Crippen LogP contribution is 2.32. The van der Waals surface area contributed by atoms with Crippen molar-refractivity contribution in [3.63, 3.8) is 0 Å². The van der Waals surface area contributed by atoms with Crippen LogP contribution in [0.1, 0.15) is 63.3 Å². The number of aryl methyl sites for hydroxylation is 1. The van der Waals surface area contributed by atoms with Crippen molar-refractivity contribution in [1.82, 2.24) is 20.1 Å². The van der Waals surface area contributed by atoms with Gasteiger partial charge in [-0.3, -0.25) is 9.69 Å². The van der Waals surface area contributed by atoms with Gasteiger partial charge in [-0.25, -0.2) is 4.98 Å². The fourth-order valence-electron chi connectivity index (χ4n) is 5.16. The molecule has 0 spiro atoms. The number of carbonyl (C=O) groups excluding carboxylic acids is 1. The maximum Gasteiger partial charge on any atom is 0.231 e. The molecule has 3 rings (SSSR count). The smallest absolute Gasteiger partial charge is 0.231 e. The van der Waals surface area contributed by atoms with E-state index in [1.807, 2.05) is 26.0 Å². The maximum atomic E-state index is 12.7. The van der Waals surface area contributed by atoms with E-state index >= 15 is 0 Å². The van der Waals surface area contributed by atoms with Crippen molar-refractivity contribution in [1.29, 1.82) is 0 Å². The number of rotatable bonds is 11. The van der Waals surface area contributed by atoms with Crippen molar-refractivity contribution >= 4 is 27.4 Å². The largest absolute Gasteiger partial charge is 0.496 e. The first-order valence-electron chi connectivity index (χ1n) is 13.3. The van der Waals surface area contributed by atoms with Crippen LogP contribution in [-0.4, -0.2) is 67.1 Å². The lowest BCUT2D eigenvalue weighted by Crippen LogP contribution is -2.41. The number of carbonyl (C=O) groups is 1. The number of amides is 1. The molecule has 2 aliphatic rings. The van der Waals surface area contributed by atoms with Crippen molar-refractivity contribution in [2.24, 2.45) is 11.8 Å². The van der Waals surface area contributed by atoms with Crippen LogP contribution < -0.4 is 5.32 Å². The Morgan fingerprint density at radius 3 is 2.67 bits per heavy atom. The van der Waals surface area contributed by atoms with Crippen LogP contribution in [0.15, 0.2) is 33.4 Å². The Bertz CT molecular complexity index is 947. The molecule has 0 aromatic carbocycles. The summed E-state index contributed by atoms with van der Waals surface area (Å²) < 4.78 is 12.2. The van der Waals surface area contributed by atoms with Crippen LogP contribution >= 0.6 is 15.9 Å². The van der Waals surface area contributed by atoms with E-state index in [0.29, 0.717) is 28.3 Å². The molecule has 2 aliphatic heterocycles. The molecule has 1 atom stereocenters. The number of hydrogen-bond donors (Lipinski definition) is 1. The third kappa shape index (κ3) is 8.05. The summed E-state index contributed by atoms with van der Waals surface area (Å²) in [7, 11) is 1.62. The first-order valence-corrected chi connectivity index (χ1v) is 14.1. The average Bonchev–Trinajstić information content (AvgIpc) is 3.20. The number of oxazole rings is 1. The SMILES string of the molecule is C=C(Br)/C(=C(\C=C/C)OC)c1nc(CN2CCC(C(=O)NCCCN3CCC[C@H](C)C3)CC2)c(C)o1. The van der Waals surface area contributed by atoms with Crippen LogP contribution in [0.5, 0.6) is 0 Å². The van der Waals surface area contributed by atoms with E-state index in [1.165, 1.54) is 25.9 Å². The van der Waals surface area contributed by atoms with E-state index < -0.39 is 0 Å². The molecule has 7 nitrogen and oxygen atoms in total. The zero-order valence-electron chi connectivity index (χ0n) is 22.4. The Kier molecular flexibility index (Phi) is 11.3. The molecule has 0 bridgehead atoms. The van der Waals surface area contributed by atoms with E-state index in [1.54, 1.807) is 7.11 Å². The molecule has 1 N–H and O–H groups in total. The monoisotopic (exact) mass is 562 g/mol. The standard InChI is InChI=1S/C28H43BrN4O3/c1-6-9-25(35-5)26(21(3)29)28-31-24(22(4)36-28)19-33-16-11-23(12-17-33)27(34)30-13-8-15-32-14-7-10-20(2)18-32/h6,9,20,23H,3,7-8,10-19H2,1-2,4-5H3,(H,30,34)/b9-6-,26-25-/t20-/m0/s1. The minimum absolute atomic E-state index is 0.0987. The van der Waals surface area contributed by atoms with Crippen molar-refractivity contribution in [2.45, 2.75) is 59.4 Å². The van der Waals surface area contributed by atoms with Gasteiger partial charge in [-0.15, -0.1) is 0 Å². The summed E-state index contributed by atoms with van der Waals surface area (Å²) in [6.45, 7) is 16.9. The number of piperidine rings is 2. The molecule has 0 unspecified atom stereocenters. The second-order valence-electron chi connectivity index (χ2n) is 10.1. The minimum Gasteiger partial charge on any atom is -0.496 e. The van der Waals surface area contributed by atoms with Crippen molar-refractivity contribution in [2.75, 3.05) is 46.4 Å². The van der Waals surface area contributed by atoms with Gasteiger partial charge in [0.25, 0.3) is 0 Å². The van der Waals surface area contributed by atoms with E-state index in [4.69, 9.17) is 14.1 Å². The van der Waals surface area contributed by atoms with Gasteiger partial charge in [0.15, 0.2) is 0 Å². The molecule has 0 saturated carbocycles. The van der Waals surface area contributed by atoms with Gasteiger partial charge in [0.2, 0.25) is 11.8 Å². The maximum absolute atomic E-state index is 12.7. The summed E-state index contributed by atoms with van der Waals surface area (Å²) in [5, 5.41) is 3.18. The molecule has 2 saturated heterocycles. The molecule has 3 heterocycles. The normalized spacial score (nSPS) is 21.0. The highest BCUT2D eigenvalue weighted by atomic mass is 79.9. The molecular formula is C28H43BrN4O3. The predicted molar refractivity (Wildman–Crippen MR) is 149 cm³/mol. The van der Waals surface area contributed by atoms with Crippen molar-refractivity contribution in [3.8, 4) is 0 Å². The summed E-state index contributed by atoms with van der Waals surface area (Å²) >= 11 is 3.47. The Balaban J connectivity index is 1.46. The molecule has 0 aliphatic carbocycles. The van der Waals surface area contributed by atoms with E-state index in [2.05, 4.69) is 44.5 Å². The van der Waals surface area contributed by atoms with Crippen LogP contribution in [0.2, 0.25) is 0 Å². The van der Waals surface area contributed by atoms with Gasteiger partial charge < -0.3 is 19.4 Å². The lowest BCUT2D eigenvalue weighted by Gasteiger charge is -2.31. The van der Waals surface area contributed by atoms with Crippen molar-refractivity contribution in [3.05, 3.63) is 46.3 Å². The number of ether oxygens (including phenoxy) is 1. The second-order valence-corrected chi connectivity index (χ2v) is 11.1. The van der Waals surface area contributed by atoms with Crippen LogP contribution in [0.3, 0.4) is 0 Å². The molecule has 0 radical (unpaired) electrons. The molecule has 1 aromatic rings. The number of allylic oxidation sites excluding steroid dienone is 4. The Morgan fingerprint density at radius 1 is 1.28 bits per heavy atom. The molecule has 200 valence electrons. The second kappa shape index (κ2) is 14.1. The molecule has 1 aromatic heterocycles. The summed E-state index contributed by atoms with van der Waals surface area (Å²) in [5.41, 5.74) is 1.61. The minimum atomic E-state index is 0.0987. The lowest BCUT2D eigenvalue weighted by molar-refractivity contribution is -0.126. The van der Waals surface area contributed by atoms with Gasteiger partial charge in [0.1, 0.15) is 11.5 Å². The van der Waals surface area contributed by atoms with Gasteiger partial charge in [-0.1, -0.05) is 35.5 Å². The number of nitrogens with zero attached hydrogens (tertiary/aromatic N) is 3. The lowest BCUT2D eigenvalue weighted by atomic mass is 9.95. The van der Waals surface area contributed by atoms with Crippen LogP contribution in [0.25, 0.3) is 5.57 Å². The predicted octanol–water partition coefficient (Wildman–Crippen LogP) is 5.28. The zero-order valence-corrected chi connectivity index (χ0v) is 24.0. The zero-order chi connectivity index (χ0) is 26.1. The van der Waals surface area contributed by atoms with Crippen LogP contribution in [0.4, 0.5) is 0 Å². The number of methoxy groups -OCH3 is 1. The number of aromatic nitrogens is 1. The third-order valence-corrected chi connectivity index (χ3v) is 7.58. The molecular weight excluding hydrogens is 520 g/mol. The van der Waals surface area contributed by atoms with Crippen LogP contribution in [-0.2, 0) is 16.1 Å². The van der Waals surface area contributed by atoms with E-state index in [-0.39, 0.29) is 11.8 Å². The summed E-state index contributed by atoms with van der Waals surface area (Å²) in [5.74, 6) is 3.03. The fourth-order valence-corrected chi connectivity index (χ4v) is 5.52. The van der Waals surface area contributed by atoms with E-state index in [9.17, 15) is 4.79 Å². The Hall–Kier alpha value is -1.90. The highest BCUT2D eigenvalue weighted by Gasteiger charge is 2.27. The molecule has 2 fully saturated rings. The molecule has 1 amide bonds. The van der Waals surface area contributed by atoms with Crippen LogP contribution in [0, 0.1) is 18.8 Å². The molecule has 36 heavy (non-hydrogen) atoms. The quantitative estimate of drug-likeness (QED) is 0.225. The average molecular weight is 564 g/mol. The highest BCUT2D eigenvalue weighted by molar-refractivity contribution is 9.12. The topological polar surface area (TPSA) is 70.8 Å². The van der Waals surface area contributed by atoms with Gasteiger partial charge in [-0.05, 0) is 84.1 Å². The van der Waals surface area contributed by atoms with Gasteiger partial charge >= 0.3 is 0 Å². The summed E-state index contributed by atoms with van der Waals surface area (Å²) in [6.07, 6.45) is 9.19. The molecule has 8 heteroatoms. The Labute approximate surface area is 225 Å². The van der Waals surface area contributed by atoms with Crippen molar-refractivity contribution < 1.29 is 13.9 Å².